The van der Waals surface area contributed by atoms with Crippen LogP contribution in [0.5, 0.6) is 0 Å². The number of hydrogen-bond acceptors (Lipinski definition) is 5. The largest absolute Gasteiger partial charge is 0.337 e. The number of carbonyl (C=O) groups is 1. The fraction of sp³-hybridized carbons (Fsp3) is 0.652. The van der Waals surface area contributed by atoms with Gasteiger partial charge in [0.25, 0.3) is 11.5 Å². The molecule has 31 heavy (non-hydrogen) atoms. The summed E-state index contributed by atoms with van der Waals surface area (Å²) < 4.78 is 0. The van der Waals surface area contributed by atoms with E-state index in [4.69, 9.17) is 4.98 Å². The zero-order valence-corrected chi connectivity index (χ0v) is 18.3. The molecule has 0 unspecified atom stereocenters. The number of rotatable bonds is 3. The van der Waals surface area contributed by atoms with E-state index in [0.717, 1.165) is 55.4 Å². The van der Waals surface area contributed by atoms with Gasteiger partial charge in [-0.2, -0.15) is 5.10 Å². The van der Waals surface area contributed by atoms with Gasteiger partial charge in [-0.25, -0.2) is 4.98 Å². The Kier molecular flexibility index (Phi) is 5.65. The van der Waals surface area contributed by atoms with Gasteiger partial charge >= 0.3 is 0 Å². The molecule has 0 atom stereocenters. The molecule has 1 saturated carbocycles. The summed E-state index contributed by atoms with van der Waals surface area (Å²) in [6.07, 6.45) is 9.16. The minimum absolute atomic E-state index is 0.0139. The predicted octanol–water partition coefficient (Wildman–Crippen LogP) is 2.45. The van der Waals surface area contributed by atoms with Crippen LogP contribution < -0.4 is 5.56 Å². The monoisotopic (exact) mass is 424 g/mol. The molecule has 8 nitrogen and oxygen atoms in total. The van der Waals surface area contributed by atoms with E-state index >= 15 is 0 Å². The highest BCUT2D eigenvalue weighted by Crippen LogP contribution is 2.31. The third-order valence-corrected chi connectivity index (χ3v) is 7.52. The lowest BCUT2D eigenvalue weighted by atomic mass is 9.86. The fourth-order valence-electron chi connectivity index (χ4n) is 5.48. The molecular formula is C23H32N6O2. The van der Waals surface area contributed by atoms with Gasteiger partial charge in [0, 0.05) is 50.8 Å². The molecule has 1 aliphatic carbocycles. The summed E-state index contributed by atoms with van der Waals surface area (Å²) in [4.78, 5) is 37.8. The van der Waals surface area contributed by atoms with Crippen molar-refractivity contribution in [3.63, 3.8) is 0 Å². The molecule has 2 N–H and O–H groups in total. The van der Waals surface area contributed by atoms with Crippen molar-refractivity contribution in [1.82, 2.24) is 30.0 Å². The number of amides is 1. The molecular weight excluding hydrogens is 392 g/mol. The smallest absolute Gasteiger partial charge is 0.271 e. The number of likely N-dealkylation sites (tertiary alicyclic amines) is 1. The fourth-order valence-corrected chi connectivity index (χ4v) is 5.48. The van der Waals surface area contributed by atoms with E-state index in [1.54, 1.807) is 12.3 Å². The highest BCUT2D eigenvalue weighted by Gasteiger charge is 2.31. The molecule has 0 bridgehead atoms. The number of hydrogen-bond donors (Lipinski definition) is 2. The lowest BCUT2D eigenvalue weighted by molar-refractivity contribution is 0.0704. The van der Waals surface area contributed by atoms with Crippen molar-refractivity contribution in [1.29, 1.82) is 0 Å². The van der Waals surface area contributed by atoms with E-state index in [1.165, 1.54) is 25.7 Å². The predicted molar refractivity (Wildman–Crippen MR) is 117 cm³/mol. The first-order valence-corrected chi connectivity index (χ1v) is 11.7. The van der Waals surface area contributed by atoms with Gasteiger partial charge in [0.1, 0.15) is 11.5 Å². The van der Waals surface area contributed by atoms with Crippen LogP contribution in [0.25, 0.3) is 0 Å². The molecule has 1 amide bonds. The minimum atomic E-state index is -0.0139. The molecule has 4 heterocycles. The molecule has 0 spiro atoms. The number of H-pyrrole nitrogens is 2. The van der Waals surface area contributed by atoms with Gasteiger partial charge in [0.15, 0.2) is 0 Å². The van der Waals surface area contributed by atoms with E-state index in [2.05, 4.69) is 27.0 Å². The van der Waals surface area contributed by atoms with Crippen molar-refractivity contribution in [3.8, 4) is 0 Å². The van der Waals surface area contributed by atoms with Gasteiger partial charge in [-0.3, -0.25) is 19.6 Å². The average molecular weight is 425 g/mol. The van der Waals surface area contributed by atoms with E-state index < -0.39 is 0 Å². The van der Waals surface area contributed by atoms with Crippen molar-refractivity contribution in [2.75, 3.05) is 19.6 Å². The van der Waals surface area contributed by atoms with Gasteiger partial charge in [0.05, 0.1) is 11.3 Å². The van der Waals surface area contributed by atoms with E-state index in [1.807, 2.05) is 4.90 Å². The lowest BCUT2D eigenvalue weighted by Crippen LogP contribution is -2.44. The molecule has 3 aliphatic rings. The maximum atomic E-state index is 12.9. The summed E-state index contributed by atoms with van der Waals surface area (Å²) in [5.74, 6) is 1.82. The number of nitrogens with zero attached hydrogens (tertiary/aromatic N) is 4. The summed E-state index contributed by atoms with van der Waals surface area (Å²) >= 11 is 0. The van der Waals surface area contributed by atoms with Gasteiger partial charge < -0.3 is 9.88 Å². The highest BCUT2D eigenvalue weighted by molar-refractivity contribution is 5.92. The first kappa shape index (κ1) is 20.4. The SMILES string of the molecule is CC1CCC(N2CCc3nc(C4CCN(C(=O)c5ccn[nH]5)CC4)[nH]c(=O)c3C2)CC1. The molecule has 1 saturated heterocycles. The summed E-state index contributed by atoms with van der Waals surface area (Å²) in [7, 11) is 0. The topological polar surface area (TPSA) is 98.0 Å². The first-order chi connectivity index (χ1) is 15.1. The normalized spacial score (nSPS) is 25.4. The molecule has 0 radical (unpaired) electrons. The van der Waals surface area contributed by atoms with Crippen LogP contribution in [-0.4, -0.2) is 61.5 Å². The van der Waals surface area contributed by atoms with E-state index in [9.17, 15) is 9.59 Å². The first-order valence-electron chi connectivity index (χ1n) is 11.7. The van der Waals surface area contributed by atoms with Crippen molar-refractivity contribution in [3.05, 3.63) is 45.4 Å². The van der Waals surface area contributed by atoms with Crippen LogP contribution in [0.3, 0.4) is 0 Å². The van der Waals surface area contributed by atoms with Crippen LogP contribution >= 0.6 is 0 Å². The van der Waals surface area contributed by atoms with Crippen LogP contribution in [0.15, 0.2) is 17.1 Å². The van der Waals surface area contributed by atoms with Gasteiger partial charge in [-0.15, -0.1) is 0 Å². The third kappa shape index (κ3) is 4.18. The van der Waals surface area contributed by atoms with Crippen LogP contribution in [-0.2, 0) is 13.0 Å². The van der Waals surface area contributed by atoms with Crippen molar-refractivity contribution in [2.45, 2.75) is 70.4 Å². The Morgan fingerprint density at radius 2 is 1.87 bits per heavy atom. The lowest BCUT2D eigenvalue weighted by Gasteiger charge is -2.38. The maximum Gasteiger partial charge on any atom is 0.271 e. The summed E-state index contributed by atoms with van der Waals surface area (Å²) in [5, 5.41) is 6.61. The molecule has 8 heteroatoms. The minimum Gasteiger partial charge on any atom is -0.337 e. The molecule has 2 aromatic rings. The molecule has 5 rings (SSSR count). The van der Waals surface area contributed by atoms with Crippen LogP contribution in [0.1, 0.15) is 78.9 Å². The molecule has 0 aromatic carbocycles. The standard InChI is InChI=1S/C23H32N6O2/c1-15-2-4-17(5-3-15)29-13-9-19-18(14-29)22(30)26-21(25-19)16-7-11-28(12-8-16)23(31)20-6-10-24-27-20/h6,10,15-17H,2-5,7-9,11-14H2,1H3,(H,24,27)(H,25,26,30). The summed E-state index contributed by atoms with van der Waals surface area (Å²) in [6, 6.07) is 2.31. The molecule has 2 fully saturated rings. The zero-order chi connectivity index (χ0) is 21.4. The summed E-state index contributed by atoms with van der Waals surface area (Å²) in [5.41, 5.74) is 2.40. The maximum absolute atomic E-state index is 12.9. The van der Waals surface area contributed by atoms with Crippen LogP contribution in [0.4, 0.5) is 0 Å². The van der Waals surface area contributed by atoms with E-state index in [0.29, 0.717) is 24.8 Å². The molecule has 166 valence electrons. The average Bonchev–Trinajstić information content (AvgIpc) is 3.34. The van der Waals surface area contributed by atoms with Crippen molar-refractivity contribution in [2.24, 2.45) is 5.92 Å². The number of aromatic nitrogens is 4. The number of nitrogens with one attached hydrogen (secondary N) is 2. The second-order valence-corrected chi connectivity index (χ2v) is 9.55. The van der Waals surface area contributed by atoms with Crippen LogP contribution in [0.2, 0.25) is 0 Å². The Morgan fingerprint density at radius 1 is 1.10 bits per heavy atom. The van der Waals surface area contributed by atoms with Gasteiger partial charge in [-0.1, -0.05) is 6.92 Å². The Morgan fingerprint density at radius 3 is 2.58 bits per heavy atom. The number of aromatic amines is 2. The second kappa shape index (κ2) is 8.57. The Hall–Kier alpha value is -2.48. The highest BCUT2D eigenvalue weighted by atomic mass is 16.2. The molecule has 2 aliphatic heterocycles. The van der Waals surface area contributed by atoms with Crippen molar-refractivity contribution < 1.29 is 4.79 Å². The number of carbonyl (C=O) groups excluding carboxylic acids is 1. The number of fused-ring (bicyclic) bond motifs is 1. The van der Waals surface area contributed by atoms with Gasteiger partial charge in [-0.05, 0) is 50.5 Å². The molecule has 2 aromatic heterocycles. The van der Waals surface area contributed by atoms with E-state index in [-0.39, 0.29) is 17.4 Å². The summed E-state index contributed by atoms with van der Waals surface area (Å²) in [6.45, 7) is 5.40. The quantitative estimate of drug-likeness (QED) is 0.789. The Balaban J connectivity index is 1.24. The van der Waals surface area contributed by atoms with Crippen molar-refractivity contribution >= 4 is 5.91 Å². The Bertz CT molecular complexity index is 968. The van der Waals surface area contributed by atoms with Crippen LogP contribution in [0, 0.1) is 5.92 Å². The number of piperidine rings is 1. The van der Waals surface area contributed by atoms with Gasteiger partial charge in [0.2, 0.25) is 0 Å². The zero-order valence-electron chi connectivity index (χ0n) is 18.3. The Labute approximate surface area is 182 Å². The third-order valence-electron chi connectivity index (χ3n) is 7.52. The second-order valence-electron chi connectivity index (χ2n) is 9.55.